The third kappa shape index (κ3) is 6.00. The molecule has 162 valence electrons. The molecule has 0 aromatic heterocycles. The van der Waals surface area contributed by atoms with Gasteiger partial charge in [0.1, 0.15) is 0 Å². The van der Waals surface area contributed by atoms with Crippen LogP contribution in [0.25, 0.3) is 0 Å². The van der Waals surface area contributed by atoms with E-state index in [9.17, 15) is 13.2 Å². The van der Waals surface area contributed by atoms with Crippen molar-refractivity contribution in [2.45, 2.75) is 18.2 Å². The first-order chi connectivity index (χ1) is 14.5. The standard InChI is InChI=1S/C22H29N3O3S2/c1-2-29-21-12-7-6-11-20(21)22(26)23-13-8-18-30(27,28)25-16-14-24(15-17-25)19-9-4-3-5-10-19/h3-7,9-12H,2,8,13-18H2,1H3,(H,23,26). The predicted molar refractivity (Wildman–Crippen MR) is 124 cm³/mol. The summed E-state index contributed by atoms with van der Waals surface area (Å²) in [6.45, 7) is 4.74. The lowest BCUT2D eigenvalue weighted by Gasteiger charge is -2.35. The number of para-hydroxylation sites is 1. The summed E-state index contributed by atoms with van der Waals surface area (Å²) in [5.74, 6) is 0.782. The first-order valence-corrected chi connectivity index (χ1v) is 12.9. The van der Waals surface area contributed by atoms with Gasteiger partial charge in [0.05, 0.1) is 11.3 Å². The molecule has 8 heteroatoms. The lowest BCUT2D eigenvalue weighted by atomic mass is 10.2. The number of benzene rings is 2. The summed E-state index contributed by atoms with van der Waals surface area (Å²) in [5.41, 5.74) is 1.77. The normalized spacial score (nSPS) is 15.2. The summed E-state index contributed by atoms with van der Waals surface area (Å²) >= 11 is 1.62. The van der Waals surface area contributed by atoms with Crippen LogP contribution in [0, 0.1) is 0 Å². The third-order valence-corrected chi connectivity index (χ3v) is 7.96. The number of anilines is 1. The molecule has 30 heavy (non-hydrogen) atoms. The topological polar surface area (TPSA) is 69.7 Å². The first kappa shape index (κ1) is 22.7. The molecule has 0 spiro atoms. The van der Waals surface area contributed by atoms with Gasteiger partial charge >= 0.3 is 0 Å². The number of sulfonamides is 1. The lowest BCUT2D eigenvalue weighted by Crippen LogP contribution is -2.49. The molecule has 0 aliphatic carbocycles. The molecule has 0 radical (unpaired) electrons. The number of hydrogen-bond donors (Lipinski definition) is 1. The highest BCUT2D eigenvalue weighted by Gasteiger charge is 2.26. The summed E-state index contributed by atoms with van der Waals surface area (Å²) < 4.78 is 26.9. The van der Waals surface area contributed by atoms with Crippen LogP contribution >= 0.6 is 11.8 Å². The number of amides is 1. The molecule has 1 aliphatic rings. The highest BCUT2D eigenvalue weighted by Crippen LogP contribution is 2.22. The number of piperazine rings is 1. The van der Waals surface area contributed by atoms with E-state index in [2.05, 4.69) is 10.2 Å². The van der Waals surface area contributed by atoms with E-state index in [0.717, 1.165) is 16.3 Å². The van der Waals surface area contributed by atoms with Gasteiger partial charge in [-0.15, -0.1) is 11.8 Å². The number of thioether (sulfide) groups is 1. The minimum atomic E-state index is -3.32. The van der Waals surface area contributed by atoms with Gasteiger partial charge in [-0.1, -0.05) is 37.3 Å². The molecule has 1 amide bonds. The number of carbonyl (C=O) groups excluding carboxylic acids is 1. The van der Waals surface area contributed by atoms with E-state index < -0.39 is 10.0 Å². The lowest BCUT2D eigenvalue weighted by molar-refractivity contribution is 0.0950. The van der Waals surface area contributed by atoms with Crippen LogP contribution in [-0.2, 0) is 10.0 Å². The third-order valence-electron chi connectivity index (χ3n) is 5.05. The average molecular weight is 448 g/mol. The summed E-state index contributed by atoms with van der Waals surface area (Å²) in [7, 11) is -3.32. The second kappa shape index (κ2) is 10.8. The van der Waals surface area contributed by atoms with Gasteiger partial charge in [-0.25, -0.2) is 8.42 Å². The first-order valence-electron chi connectivity index (χ1n) is 10.3. The van der Waals surface area contributed by atoms with Crippen LogP contribution in [0.3, 0.4) is 0 Å². The Balaban J connectivity index is 1.44. The van der Waals surface area contributed by atoms with Crippen molar-refractivity contribution >= 4 is 33.4 Å². The van der Waals surface area contributed by atoms with Crippen LogP contribution in [0.1, 0.15) is 23.7 Å². The quantitative estimate of drug-likeness (QED) is 0.473. The van der Waals surface area contributed by atoms with Crippen molar-refractivity contribution in [1.82, 2.24) is 9.62 Å². The number of nitrogens with zero attached hydrogens (tertiary/aromatic N) is 2. The molecule has 0 saturated carbocycles. The number of hydrogen-bond acceptors (Lipinski definition) is 5. The fourth-order valence-electron chi connectivity index (χ4n) is 3.48. The maximum absolute atomic E-state index is 12.7. The van der Waals surface area contributed by atoms with E-state index in [1.165, 1.54) is 0 Å². The minimum Gasteiger partial charge on any atom is -0.369 e. The molecular weight excluding hydrogens is 418 g/mol. The SMILES string of the molecule is CCSc1ccccc1C(=O)NCCCS(=O)(=O)N1CCN(c2ccccc2)CC1. The van der Waals surface area contributed by atoms with Crippen LogP contribution in [0.15, 0.2) is 59.5 Å². The van der Waals surface area contributed by atoms with Gasteiger partial charge in [0.25, 0.3) is 5.91 Å². The highest BCUT2D eigenvalue weighted by molar-refractivity contribution is 7.99. The minimum absolute atomic E-state index is 0.0456. The van der Waals surface area contributed by atoms with E-state index in [-0.39, 0.29) is 11.7 Å². The van der Waals surface area contributed by atoms with Gasteiger partial charge in [-0.05, 0) is 36.4 Å². The maximum atomic E-state index is 12.7. The Hall–Kier alpha value is -2.03. The van der Waals surface area contributed by atoms with Crippen molar-refractivity contribution in [3.8, 4) is 0 Å². The van der Waals surface area contributed by atoms with Gasteiger partial charge in [0, 0.05) is 43.3 Å². The zero-order chi connectivity index (χ0) is 21.4. The van der Waals surface area contributed by atoms with Crippen LogP contribution in [0.5, 0.6) is 0 Å². The molecule has 0 unspecified atom stereocenters. The Morgan fingerprint density at radius 3 is 2.37 bits per heavy atom. The van der Waals surface area contributed by atoms with Gasteiger partial charge in [0.15, 0.2) is 0 Å². The molecule has 1 aliphatic heterocycles. The Morgan fingerprint density at radius 2 is 1.67 bits per heavy atom. The van der Waals surface area contributed by atoms with E-state index in [0.29, 0.717) is 44.7 Å². The number of carbonyl (C=O) groups is 1. The molecule has 1 saturated heterocycles. The fourth-order valence-corrected chi connectivity index (χ4v) is 5.77. The summed E-state index contributed by atoms with van der Waals surface area (Å²) in [5, 5.41) is 2.86. The Bertz CT molecular complexity index is 928. The van der Waals surface area contributed by atoms with Gasteiger partial charge in [-0.3, -0.25) is 4.79 Å². The molecule has 1 fully saturated rings. The fraction of sp³-hybridized carbons (Fsp3) is 0.409. The number of nitrogens with one attached hydrogen (secondary N) is 1. The zero-order valence-corrected chi connectivity index (χ0v) is 18.9. The van der Waals surface area contributed by atoms with E-state index >= 15 is 0 Å². The summed E-state index contributed by atoms with van der Waals surface area (Å²) in [6, 6.07) is 17.5. The van der Waals surface area contributed by atoms with Crippen molar-refractivity contribution in [3.05, 3.63) is 60.2 Å². The smallest absolute Gasteiger partial charge is 0.252 e. The highest BCUT2D eigenvalue weighted by atomic mass is 32.2. The Labute approximate surface area is 183 Å². The largest absolute Gasteiger partial charge is 0.369 e. The van der Waals surface area contributed by atoms with Gasteiger partial charge in [-0.2, -0.15) is 4.31 Å². The molecule has 0 atom stereocenters. The second-order valence-electron chi connectivity index (χ2n) is 7.08. The average Bonchev–Trinajstić information content (AvgIpc) is 2.78. The molecule has 1 N–H and O–H groups in total. The van der Waals surface area contributed by atoms with E-state index in [4.69, 9.17) is 0 Å². The maximum Gasteiger partial charge on any atom is 0.252 e. The number of rotatable bonds is 9. The van der Waals surface area contributed by atoms with Gasteiger partial charge < -0.3 is 10.2 Å². The van der Waals surface area contributed by atoms with Crippen LogP contribution in [0.2, 0.25) is 0 Å². The Kier molecular flexibility index (Phi) is 8.18. The summed E-state index contributed by atoms with van der Waals surface area (Å²) in [6.07, 6.45) is 0.399. The molecule has 3 rings (SSSR count). The zero-order valence-electron chi connectivity index (χ0n) is 17.3. The van der Waals surface area contributed by atoms with Crippen molar-refractivity contribution in [3.63, 3.8) is 0 Å². The van der Waals surface area contributed by atoms with Crippen molar-refractivity contribution in [2.24, 2.45) is 0 Å². The van der Waals surface area contributed by atoms with Crippen molar-refractivity contribution in [2.75, 3.05) is 49.1 Å². The monoisotopic (exact) mass is 447 g/mol. The second-order valence-corrected chi connectivity index (χ2v) is 10.5. The van der Waals surface area contributed by atoms with Crippen LogP contribution in [-0.4, -0.2) is 62.9 Å². The molecule has 2 aromatic carbocycles. The van der Waals surface area contributed by atoms with E-state index in [1.807, 2.05) is 55.5 Å². The van der Waals surface area contributed by atoms with Crippen LogP contribution < -0.4 is 10.2 Å². The molecule has 0 bridgehead atoms. The van der Waals surface area contributed by atoms with Crippen molar-refractivity contribution in [1.29, 1.82) is 0 Å². The molecule has 1 heterocycles. The molecular formula is C22H29N3O3S2. The van der Waals surface area contributed by atoms with E-state index in [1.54, 1.807) is 22.1 Å². The molecule has 6 nitrogen and oxygen atoms in total. The van der Waals surface area contributed by atoms with Crippen LogP contribution in [0.4, 0.5) is 5.69 Å². The predicted octanol–water partition coefficient (Wildman–Crippen LogP) is 3.07. The van der Waals surface area contributed by atoms with Gasteiger partial charge in [0.2, 0.25) is 10.0 Å². The summed E-state index contributed by atoms with van der Waals surface area (Å²) in [4.78, 5) is 15.6. The van der Waals surface area contributed by atoms with Crippen molar-refractivity contribution < 1.29 is 13.2 Å². The molecule has 2 aromatic rings. The Morgan fingerprint density at radius 1 is 1.00 bits per heavy atom.